The Morgan fingerprint density at radius 1 is 0.917 bits per heavy atom. The van der Waals surface area contributed by atoms with Crippen molar-refractivity contribution in [3.63, 3.8) is 0 Å². The molecule has 2 aliphatic carbocycles. The largest absolute Gasteiger partial charge is 0.469 e. The number of hydrogen-bond donors (Lipinski definition) is 1. The zero-order valence-electron chi connectivity index (χ0n) is 11.7. The first kappa shape index (κ1) is 16.6. The number of nitrogens with one attached hydrogen (secondary N) is 1. The van der Waals surface area contributed by atoms with E-state index in [1.807, 2.05) is 0 Å². The Balaban J connectivity index is 2.13. The van der Waals surface area contributed by atoms with Crippen LogP contribution >= 0.6 is 0 Å². The zero-order valence-corrected chi connectivity index (χ0v) is 12.5. The SMILES string of the molecule is N=C1C2=Cc3ccccc3C2=CC=C1S(=O)(=O)C(F)(F)C(F)(F)F. The van der Waals surface area contributed by atoms with Crippen LogP contribution in [0.4, 0.5) is 22.0 Å². The molecular weight excluding hydrogens is 353 g/mol. The highest BCUT2D eigenvalue weighted by Gasteiger charge is 2.68. The van der Waals surface area contributed by atoms with Crippen molar-refractivity contribution in [3.05, 3.63) is 58.0 Å². The van der Waals surface area contributed by atoms with Gasteiger partial charge in [-0.2, -0.15) is 22.0 Å². The van der Waals surface area contributed by atoms with Gasteiger partial charge in [-0.25, -0.2) is 8.42 Å². The van der Waals surface area contributed by atoms with E-state index in [1.165, 1.54) is 6.08 Å². The molecule has 0 aliphatic heterocycles. The van der Waals surface area contributed by atoms with Crippen molar-refractivity contribution in [2.45, 2.75) is 11.4 Å². The van der Waals surface area contributed by atoms with Crippen LogP contribution < -0.4 is 0 Å². The second-order valence-electron chi connectivity index (χ2n) is 5.15. The summed E-state index contributed by atoms with van der Waals surface area (Å²) >= 11 is 0. The summed E-state index contributed by atoms with van der Waals surface area (Å²) in [6.07, 6.45) is -3.14. The van der Waals surface area contributed by atoms with Gasteiger partial charge < -0.3 is 0 Å². The molecule has 0 aromatic heterocycles. The van der Waals surface area contributed by atoms with Gasteiger partial charge in [0.1, 0.15) is 0 Å². The molecule has 1 N–H and O–H groups in total. The Kier molecular flexibility index (Phi) is 3.35. The fourth-order valence-corrected chi connectivity index (χ4v) is 3.73. The van der Waals surface area contributed by atoms with Gasteiger partial charge in [-0.1, -0.05) is 30.3 Å². The van der Waals surface area contributed by atoms with E-state index in [0.717, 1.165) is 6.08 Å². The topological polar surface area (TPSA) is 58.0 Å². The molecule has 3 rings (SSSR count). The maximum absolute atomic E-state index is 13.4. The highest BCUT2D eigenvalue weighted by atomic mass is 32.2. The second kappa shape index (κ2) is 4.85. The highest BCUT2D eigenvalue weighted by molar-refractivity contribution is 7.97. The van der Waals surface area contributed by atoms with Crippen molar-refractivity contribution < 1.29 is 30.4 Å². The molecule has 0 atom stereocenters. The molecule has 0 spiro atoms. The average molecular weight is 361 g/mol. The van der Waals surface area contributed by atoms with Gasteiger partial charge in [-0.05, 0) is 28.9 Å². The Bertz CT molecular complexity index is 952. The third-order valence-electron chi connectivity index (χ3n) is 3.72. The first-order valence-corrected chi connectivity index (χ1v) is 7.99. The molecule has 0 unspecified atom stereocenters. The van der Waals surface area contributed by atoms with Crippen LogP contribution in [0.2, 0.25) is 0 Å². The summed E-state index contributed by atoms with van der Waals surface area (Å²) in [5.41, 5.74) is 0.790. The van der Waals surface area contributed by atoms with Gasteiger partial charge >= 0.3 is 11.4 Å². The number of fused-ring (bicyclic) bond motifs is 3. The number of allylic oxidation sites excluding steroid dienone is 5. The second-order valence-corrected chi connectivity index (χ2v) is 7.11. The zero-order chi connectivity index (χ0) is 17.9. The van der Waals surface area contributed by atoms with Crippen molar-refractivity contribution in [2.75, 3.05) is 0 Å². The number of alkyl halides is 5. The molecule has 2 aliphatic rings. The van der Waals surface area contributed by atoms with Crippen LogP contribution in [0, 0.1) is 5.41 Å². The Labute approximate surface area is 133 Å². The smallest absolute Gasteiger partial charge is 0.299 e. The molecule has 0 amide bonds. The van der Waals surface area contributed by atoms with E-state index in [0.29, 0.717) is 22.8 Å². The Morgan fingerprint density at radius 2 is 1.54 bits per heavy atom. The minimum absolute atomic E-state index is 0.00440. The molecule has 0 bridgehead atoms. The van der Waals surface area contributed by atoms with Gasteiger partial charge in [-0.15, -0.1) is 0 Å². The highest BCUT2D eigenvalue weighted by Crippen LogP contribution is 2.46. The van der Waals surface area contributed by atoms with E-state index in [9.17, 15) is 30.4 Å². The van der Waals surface area contributed by atoms with Crippen LogP contribution in [0.25, 0.3) is 11.6 Å². The molecule has 0 saturated carbocycles. The minimum Gasteiger partial charge on any atom is -0.299 e. The summed E-state index contributed by atoms with van der Waals surface area (Å²) < 4.78 is 87.7. The molecule has 0 radical (unpaired) electrons. The monoisotopic (exact) mass is 361 g/mol. The van der Waals surface area contributed by atoms with E-state index < -0.39 is 31.9 Å². The van der Waals surface area contributed by atoms with Crippen LogP contribution in [0.1, 0.15) is 11.1 Å². The number of benzene rings is 1. The quantitative estimate of drug-likeness (QED) is 0.811. The summed E-state index contributed by atoms with van der Waals surface area (Å²) in [6, 6.07) is 6.71. The molecule has 0 fully saturated rings. The summed E-state index contributed by atoms with van der Waals surface area (Å²) in [5, 5.41) is 1.86. The Morgan fingerprint density at radius 3 is 2.17 bits per heavy atom. The van der Waals surface area contributed by atoms with Crippen molar-refractivity contribution in [1.29, 1.82) is 5.41 Å². The van der Waals surface area contributed by atoms with Crippen molar-refractivity contribution in [3.8, 4) is 0 Å². The van der Waals surface area contributed by atoms with Gasteiger partial charge in [0.2, 0.25) is 0 Å². The molecule has 1 aromatic carbocycles. The third-order valence-corrected chi connectivity index (χ3v) is 5.54. The summed E-state index contributed by atoms with van der Waals surface area (Å²) in [7, 11) is -6.10. The van der Waals surface area contributed by atoms with Gasteiger partial charge in [0, 0.05) is 5.57 Å². The molecule has 0 saturated heterocycles. The van der Waals surface area contributed by atoms with Crippen LogP contribution in [0.3, 0.4) is 0 Å². The van der Waals surface area contributed by atoms with Gasteiger partial charge in [0.25, 0.3) is 9.84 Å². The normalized spacial score (nSPS) is 17.7. The number of halogens is 5. The Hall–Kier alpha value is -2.29. The van der Waals surface area contributed by atoms with E-state index in [-0.39, 0.29) is 5.57 Å². The van der Waals surface area contributed by atoms with Crippen molar-refractivity contribution in [1.82, 2.24) is 0 Å². The third kappa shape index (κ3) is 2.07. The predicted octanol–water partition coefficient (Wildman–Crippen LogP) is 3.95. The first-order valence-electron chi connectivity index (χ1n) is 6.50. The van der Waals surface area contributed by atoms with E-state index in [1.54, 1.807) is 24.3 Å². The van der Waals surface area contributed by atoms with Crippen LogP contribution in [-0.2, 0) is 9.84 Å². The summed E-state index contributed by atoms with van der Waals surface area (Å²) in [6.45, 7) is 0. The maximum atomic E-state index is 13.4. The first-order chi connectivity index (χ1) is 11.0. The summed E-state index contributed by atoms with van der Waals surface area (Å²) in [4.78, 5) is -1.35. The van der Waals surface area contributed by atoms with Crippen LogP contribution in [0.5, 0.6) is 0 Å². The predicted molar refractivity (Wildman–Crippen MR) is 78.1 cm³/mol. The molecule has 0 heterocycles. The lowest BCUT2D eigenvalue weighted by atomic mass is 9.96. The molecule has 1 aromatic rings. The van der Waals surface area contributed by atoms with E-state index in [2.05, 4.69) is 0 Å². The fourth-order valence-electron chi connectivity index (χ4n) is 2.52. The van der Waals surface area contributed by atoms with Gasteiger partial charge in [0.05, 0.1) is 10.6 Å². The fraction of sp³-hybridized carbons (Fsp3) is 0.133. The summed E-state index contributed by atoms with van der Waals surface area (Å²) in [5.74, 6) is 0. The minimum atomic E-state index is -6.27. The molecule has 9 heteroatoms. The maximum Gasteiger partial charge on any atom is 0.469 e. The lowest BCUT2D eigenvalue weighted by Crippen LogP contribution is -2.45. The van der Waals surface area contributed by atoms with E-state index >= 15 is 0 Å². The lowest BCUT2D eigenvalue weighted by Gasteiger charge is -2.23. The van der Waals surface area contributed by atoms with Crippen LogP contribution in [-0.4, -0.2) is 25.6 Å². The average Bonchev–Trinajstić information content (AvgIpc) is 2.86. The van der Waals surface area contributed by atoms with E-state index in [4.69, 9.17) is 5.41 Å². The molecular formula is C15H8F5NO2S. The number of hydrogen-bond acceptors (Lipinski definition) is 3. The van der Waals surface area contributed by atoms with Crippen LogP contribution in [0.15, 0.2) is 46.9 Å². The molecule has 126 valence electrons. The molecule has 24 heavy (non-hydrogen) atoms. The van der Waals surface area contributed by atoms with Gasteiger partial charge in [-0.3, -0.25) is 5.41 Å². The van der Waals surface area contributed by atoms with Gasteiger partial charge in [0.15, 0.2) is 0 Å². The number of rotatable bonds is 2. The lowest BCUT2D eigenvalue weighted by molar-refractivity contribution is -0.241. The standard InChI is InChI=1S/C15H8F5NO2S/c16-14(17,18)15(19,20)24(22,23)12-6-5-10-9-4-2-1-3-8(9)7-11(10)13(12)21/h1-7,21H. The van der Waals surface area contributed by atoms with Crippen molar-refractivity contribution >= 4 is 27.2 Å². The molecule has 3 nitrogen and oxygen atoms in total. The number of sulfone groups is 1. The van der Waals surface area contributed by atoms with Crippen molar-refractivity contribution in [2.24, 2.45) is 0 Å².